The first-order valence-electron chi connectivity index (χ1n) is 8.82. The average molecular weight is 393 g/mol. The summed E-state index contributed by atoms with van der Waals surface area (Å²) in [6.45, 7) is 4.38. The summed E-state index contributed by atoms with van der Waals surface area (Å²) in [6.07, 6.45) is 0. The van der Waals surface area contributed by atoms with E-state index in [-0.39, 0.29) is 11.7 Å². The molecular weight excluding hydrogens is 374 g/mol. The second-order valence-corrected chi connectivity index (χ2v) is 7.30. The van der Waals surface area contributed by atoms with Crippen LogP contribution in [0.3, 0.4) is 0 Å². The Bertz CT molecular complexity index is 1120. The van der Waals surface area contributed by atoms with E-state index in [0.29, 0.717) is 23.7 Å². The number of carbonyl (C=O) groups is 1. The van der Waals surface area contributed by atoms with Gasteiger partial charge in [-0.2, -0.15) is 0 Å². The topological polar surface area (TPSA) is 85.8 Å². The van der Waals surface area contributed by atoms with Crippen LogP contribution >= 0.6 is 11.8 Å². The smallest absolute Gasteiger partial charge is 0.234 e. The molecule has 0 fully saturated rings. The third kappa shape index (κ3) is 4.07. The number of nitrogens with zero attached hydrogens (tertiary/aromatic N) is 4. The van der Waals surface area contributed by atoms with Crippen molar-refractivity contribution in [3.05, 3.63) is 65.8 Å². The molecule has 0 aliphatic heterocycles. The number of amides is 1. The maximum absolute atomic E-state index is 12.4. The van der Waals surface area contributed by atoms with Gasteiger partial charge in [-0.15, -0.1) is 10.2 Å². The van der Waals surface area contributed by atoms with E-state index in [1.807, 2.05) is 29.7 Å². The maximum Gasteiger partial charge on any atom is 0.234 e. The van der Waals surface area contributed by atoms with Gasteiger partial charge in [0, 0.05) is 12.6 Å². The van der Waals surface area contributed by atoms with Gasteiger partial charge in [0.05, 0.1) is 12.3 Å². The van der Waals surface area contributed by atoms with E-state index in [9.17, 15) is 4.79 Å². The monoisotopic (exact) mass is 393 g/mol. The van der Waals surface area contributed by atoms with E-state index >= 15 is 0 Å². The number of aromatic nitrogens is 4. The molecule has 0 bridgehead atoms. The zero-order valence-corrected chi connectivity index (χ0v) is 16.4. The summed E-state index contributed by atoms with van der Waals surface area (Å²) < 4.78 is 7.46. The molecule has 1 N–H and O–H groups in total. The van der Waals surface area contributed by atoms with E-state index in [1.165, 1.54) is 11.8 Å². The van der Waals surface area contributed by atoms with Crippen molar-refractivity contribution in [2.24, 2.45) is 0 Å². The van der Waals surface area contributed by atoms with Crippen LogP contribution in [0.1, 0.15) is 17.3 Å². The van der Waals surface area contributed by atoms with Crippen molar-refractivity contribution >= 4 is 34.5 Å². The highest BCUT2D eigenvalue weighted by Crippen LogP contribution is 2.21. The van der Waals surface area contributed by atoms with Crippen molar-refractivity contribution in [2.75, 3.05) is 11.1 Å². The number of carbonyl (C=O) groups excluding carboxylic acids is 1. The lowest BCUT2D eigenvalue weighted by molar-refractivity contribution is -0.113. The Kier molecular flexibility index (Phi) is 5.12. The molecule has 7 nitrogen and oxygen atoms in total. The fourth-order valence-corrected chi connectivity index (χ4v) is 3.65. The molecule has 0 aliphatic carbocycles. The molecule has 2 aromatic heterocycles. The number of benzene rings is 2. The molecule has 0 unspecified atom stereocenters. The third-order valence-corrected chi connectivity index (χ3v) is 5.16. The standard InChI is InChI=1S/C20H19N5O2S/c1-13-23-24-20(25(13)11-15-6-4-3-5-7-15)28-12-19(26)22-16-8-9-18-17(10-16)21-14(2)27-18/h3-10H,11-12H2,1-2H3,(H,22,26). The lowest BCUT2D eigenvalue weighted by Crippen LogP contribution is -2.14. The maximum atomic E-state index is 12.4. The highest BCUT2D eigenvalue weighted by molar-refractivity contribution is 7.99. The molecule has 0 saturated heterocycles. The van der Waals surface area contributed by atoms with Crippen LogP contribution in [0.4, 0.5) is 5.69 Å². The number of oxazole rings is 1. The van der Waals surface area contributed by atoms with Crippen LogP contribution in [0.2, 0.25) is 0 Å². The van der Waals surface area contributed by atoms with E-state index in [4.69, 9.17) is 4.42 Å². The van der Waals surface area contributed by atoms with Crippen molar-refractivity contribution in [1.82, 2.24) is 19.7 Å². The summed E-state index contributed by atoms with van der Waals surface area (Å²) in [4.78, 5) is 16.7. The minimum absolute atomic E-state index is 0.114. The summed E-state index contributed by atoms with van der Waals surface area (Å²) in [5.41, 5.74) is 3.27. The number of fused-ring (bicyclic) bond motifs is 1. The molecule has 4 aromatic rings. The fourth-order valence-electron chi connectivity index (χ4n) is 2.86. The molecule has 4 rings (SSSR count). The Morgan fingerprint density at radius 2 is 1.96 bits per heavy atom. The predicted molar refractivity (Wildman–Crippen MR) is 108 cm³/mol. The quantitative estimate of drug-likeness (QED) is 0.501. The molecule has 0 radical (unpaired) electrons. The second kappa shape index (κ2) is 7.85. The molecule has 0 aliphatic rings. The van der Waals surface area contributed by atoms with Gasteiger partial charge < -0.3 is 14.3 Å². The van der Waals surface area contributed by atoms with E-state index in [0.717, 1.165) is 22.1 Å². The first kappa shape index (κ1) is 18.2. The number of hydrogen-bond donors (Lipinski definition) is 1. The van der Waals surface area contributed by atoms with Crippen LogP contribution in [0.15, 0.2) is 58.1 Å². The summed E-state index contributed by atoms with van der Waals surface area (Å²) in [6, 6.07) is 15.5. The van der Waals surface area contributed by atoms with Crippen LogP contribution < -0.4 is 5.32 Å². The Hall–Kier alpha value is -3.13. The van der Waals surface area contributed by atoms with Gasteiger partial charge in [-0.3, -0.25) is 4.79 Å². The molecule has 8 heteroatoms. The van der Waals surface area contributed by atoms with Crippen LogP contribution in [0.25, 0.3) is 11.1 Å². The van der Waals surface area contributed by atoms with Crippen LogP contribution in [-0.2, 0) is 11.3 Å². The summed E-state index contributed by atoms with van der Waals surface area (Å²) in [5.74, 6) is 1.54. The highest BCUT2D eigenvalue weighted by atomic mass is 32.2. The molecule has 0 saturated carbocycles. The van der Waals surface area contributed by atoms with Crippen LogP contribution in [0.5, 0.6) is 0 Å². The van der Waals surface area contributed by atoms with Gasteiger partial charge in [-0.25, -0.2) is 4.98 Å². The Labute approximate surface area is 166 Å². The number of thioether (sulfide) groups is 1. The summed E-state index contributed by atoms with van der Waals surface area (Å²) in [5, 5.41) is 12.0. The number of hydrogen-bond acceptors (Lipinski definition) is 6. The Morgan fingerprint density at radius 1 is 1.14 bits per heavy atom. The Balaban J connectivity index is 1.40. The van der Waals surface area contributed by atoms with Gasteiger partial charge in [0.2, 0.25) is 5.91 Å². The van der Waals surface area contributed by atoms with Gasteiger partial charge in [0.1, 0.15) is 11.3 Å². The lowest BCUT2D eigenvalue weighted by Gasteiger charge is -2.09. The number of anilines is 1. The van der Waals surface area contributed by atoms with Crippen molar-refractivity contribution in [1.29, 1.82) is 0 Å². The van der Waals surface area contributed by atoms with Crippen molar-refractivity contribution in [3.63, 3.8) is 0 Å². The number of aryl methyl sites for hydroxylation is 2. The highest BCUT2D eigenvalue weighted by Gasteiger charge is 2.13. The van der Waals surface area contributed by atoms with Gasteiger partial charge >= 0.3 is 0 Å². The lowest BCUT2D eigenvalue weighted by atomic mass is 10.2. The van der Waals surface area contributed by atoms with E-state index in [2.05, 4.69) is 32.6 Å². The minimum Gasteiger partial charge on any atom is -0.441 e. The van der Waals surface area contributed by atoms with E-state index < -0.39 is 0 Å². The van der Waals surface area contributed by atoms with Crippen molar-refractivity contribution in [3.8, 4) is 0 Å². The molecular formula is C20H19N5O2S. The van der Waals surface area contributed by atoms with Gasteiger partial charge in [0.15, 0.2) is 16.6 Å². The molecule has 28 heavy (non-hydrogen) atoms. The minimum atomic E-state index is -0.114. The SMILES string of the molecule is Cc1nc2cc(NC(=O)CSc3nnc(C)n3Cc3ccccc3)ccc2o1. The number of nitrogens with one attached hydrogen (secondary N) is 1. The molecule has 2 heterocycles. The van der Waals surface area contributed by atoms with Gasteiger partial charge in [-0.1, -0.05) is 42.1 Å². The first-order valence-corrected chi connectivity index (χ1v) is 9.80. The Morgan fingerprint density at radius 3 is 2.79 bits per heavy atom. The van der Waals surface area contributed by atoms with Gasteiger partial charge in [0.25, 0.3) is 0 Å². The molecule has 1 amide bonds. The zero-order valence-electron chi connectivity index (χ0n) is 15.5. The summed E-state index contributed by atoms with van der Waals surface area (Å²) >= 11 is 1.37. The normalized spacial score (nSPS) is 11.1. The zero-order chi connectivity index (χ0) is 19.5. The first-order chi connectivity index (χ1) is 13.6. The van der Waals surface area contributed by atoms with E-state index in [1.54, 1.807) is 25.1 Å². The summed E-state index contributed by atoms with van der Waals surface area (Å²) in [7, 11) is 0. The van der Waals surface area contributed by atoms with Gasteiger partial charge in [-0.05, 0) is 30.7 Å². The molecule has 2 aromatic carbocycles. The largest absolute Gasteiger partial charge is 0.441 e. The van der Waals surface area contributed by atoms with Crippen molar-refractivity contribution in [2.45, 2.75) is 25.5 Å². The fraction of sp³-hybridized carbons (Fsp3) is 0.200. The molecule has 0 atom stereocenters. The third-order valence-electron chi connectivity index (χ3n) is 4.20. The second-order valence-electron chi connectivity index (χ2n) is 6.35. The van der Waals surface area contributed by atoms with Crippen molar-refractivity contribution < 1.29 is 9.21 Å². The number of rotatable bonds is 6. The van der Waals surface area contributed by atoms with Crippen LogP contribution in [0, 0.1) is 13.8 Å². The molecule has 142 valence electrons. The average Bonchev–Trinajstić information content (AvgIpc) is 3.22. The van der Waals surface area contributed by atoms with Crippen LogP contribution in [-0.4, -0.2) is 31.4 Å². The molecule has 0 spiro atoms. The predicted octanol–water partition coefficient (Wildman–Crippen LogP) is 3.82.